The number of fused-ring (bicyclic) bond motifs is 1. The zero-order chi connectivity index (χ0) is 16.8. The van der Waals surface area contributed by atoms with E-state index < -0.39 is 16.1 Å². The first-order valence-corrected chi connectivity index (χ1v) is 9.32. The molecule has 1 aromatic carbocycles. The molecule has 126 valence electrons. The van der Waals surface area contributed by atoms with Crippen LogP contribution in [-0.2, 0) is 23.1 Å². The first kappa shape index (κ1) is 16.0. The third-order valence-corrected chi connectivity index (χ3v) is 6.54. The largest absolute Gasteiger partial charge is 0.506 e. The molecular weight excluding hydrogens is 316 g/mol. The Morgan fingerprint density at radius 2 is 1.91 bits per heavy atom. The Hall–Kier alpha value is -1.89. The first-order chi connectivity index (χ1) is 10.8. The van der Waals surface area contributed by atoms with Gasteiger partial charge in [0.2, 0.25) is 5.88 Å². The molecule has 1 aromatic rings. The molecule has 0 bridgehead atoms. The zero-order valence-corrected chi connectivity index (χ0v) is 14.2. The van der Waals surface area contributed by atoms with Gasteiger partial charge in [0.1, 0.15) is 11.4 Å². The quantitative estimate of drug-likeness (QED) is 0.790. The number of anilines is 1. The monoisotopic (exact) mass is 338 g/mol. The second-order valence-corrected chi connectivity index (χ2v) is 7.96. The van der Waals surface area contributed by atoms with Crippen molar-refractivity contribution in [1.82, 2.24) is 4.72 Å². The van der Waals surface area contributed by atoms with Gasteiger partial charge in [-0.3, -0.25) is 0 Å². The summed E-state index contributed by atoms with van der Waals surface area (Å²) in [5, 5.41) is 19.7. The number of rotatable bonds is 3. The Kier molecular flexibility index (Phi) is 3.71. The number of aryl methyl sites for hydroxylation is 1. The minimum atomic E-state index is -3.90. The molecule has 1 aliphatic carbocycles. The maximum absolute atomic E-state index is 12.0. The summed E-state index contributed by atoms with van der Waals surface area (Å²) in [5.41, 5.74) is 2.55. The SMILES string of the molecule is CCC1(CC)CCc2cc(O)c(N3C=C(O)NS3(=O)=O)cc2C1. The van der Waals surface area contributed by atoms with E-state index in [0.717, 1.165) is 53.7 Å². The van der Waals surface area contributed by atoms with E-state index in [0.29, 0.717) is 0 Å². The van der Waals surface area contributed by atoms with Crippen LogP contribution in [-0.4, -0.2) is 18.6 Å². The summed E-state index contributed by atoms with van der Waals surface area (Å²) in [6, 6.07) is 3.39. The number of aromatic hydroxyl groups is 1. The molecule has 3 N–H and O–H groups in total. The number of phenols is 1. The van der Waals surface area contributed by atoms with Gasteiger partial charge in [0.15, 0.2) is 0 Å². The minimum absolute atomic E-state index is 0.0967. The van der Waals surface area contributed by atoms with Crippen LogP contribution < -0.4 is 9.03 Å². The van der Waals surface area contributed by atoms with E-state index in [1.54, 1.807) is 12.1 Å². The van der Waals surface area contributed by atoms with E-state index in [-0.39, 0.29) is 16.9 Å². The van der Waals surface area contributed by atoms with Crippen LogP contribution in [0.15, 0.2) is 24.2 Å². The summed E-state index contributed by atoms with van der Waals surface area (Å²) in [6.45, 7) is 4.37. The number of aliphatic hydroxyl groups is 1. The smallest absolute Gasteiger partial charge is 0.330 e. The summed E-state index contributed by atoms with van der Waals surface area (Å²) in [4.78, 5) is 0. The third kappa shape index (κ3) is 2.63. The lowest BCUT2D eigenvalue weighted by Gasteiger charge is -2.37. The van der Waals surface area contributed by atoms with Gasteiger partial charge in [-0.25, -0.2) is 9.03 Å². The number of benzene rings is 1. The highest BCUT2D eigenvalue weighted by molar-refractivity contribution is 7.91. The second kappa shape index (κ2) is 5.33. The van der Waals surface area contributed by atoms with Crippen LogP contribution in [0.3, 0.4) is 0 Å². The highest BCUT2D eigenvalue weighted by atomic mass is 32.2. The molecule has 0 saturated heterocycles. The molecule has 0 unspecified atom stereocenters. The fraction of sp³-hybridized carbons (Fsp3) is 0.500. The van der Waals surface area contributed by atoms with E-state index in [9.17, 15) is 18.6 Å². The Labute approximate surface area is 136 Å². The lowest BCUT2D eigenvalue weighted by molar-refractivity contribution is 0.224. The number of hydrogen-bond acceptors (Lipinski definition) is 4. The van der Waals surface area contributed by atoms with E-state index >= 15 is 0 Å². The normalized spacial score (nSPS) is 21.5. The summed E-state index contributed by atoms with van der Waals surface area (Å²) >= 11 is 0. The molecular formula is C16H22N2O4S. The number of aliphatic hydroxyl groups excluding tert-OH is 1. The Bertz CT molecular complexity index is 767. The van der Waals surface area contributed by atoms with Crippen molar-refractivity contribution in [3.63, 3.8) is 0 Å². The molecule has 1 heterocycles. The number of nitrogens with zero attached hydrogens (tertiary/aromatic N) is 1. The average molecular weight is 338 g/mol. The van der Waals surface area contributed by atoms with Gasteiger partial charge in [-0.1, -0.05) is 26.7 Å². The van der Waals surface area contributed by atoms with Crippen LogP contribution in [0, 0.1) is 5.41 Å². The van der Waals surface area contributed by atoms with Crippen LogP contribution >= 0.6 is 0 Å². The van der Waals surface area contributed by atoms with E-state index in [1.807, 2.05) is 4.72 Å². The Balaban J connectivity index is 2.05. The first-order valence-electron chi connectivity index (χ1n) is 7.88. The summed E-state index contributed by atoms with van der Waals surface area (Å²) in [6.07, 6.45) is 6.05. The Morgan fingerprint density at radius 1 is 1.22 bits per heavy atom. The van der Waals surface area contributed by atoms with E-state index in [2.05, 4.69) is 13.8 Å². The van der Waals surface area contributed by atoms with Crippen molar-refractivity contribution in [2.24, 2.45) is 5.41 Å². The van der Waals surface area contributed by atoms with Crippen LogP contribution in [0.1, 0.15) is 44.2 Å². The molecule has 23 heavy (non-hydrogen) atoms. The molecule has 0 fully saturated rings. The molecule has 0 spiro atoms. The molecule has 3 rings (SSSR count). The van der Waals surface area contributed by atoms with Crippen molar-refractivity contribution in [3.05, 3.63) is 35.3 Å². The molecule has 0 amide bonds. The van der Waals surface area contributed by atoms with Gasteiger partial charge in [0.05, 0.1) is 6.20 Å². The van der Waals surface area contributed by atoms with Crippen LogP contribution in [0.2, 0.25) is 0 Å². The maximum Gasteiger partial charge on any atom is 0.330 e. The van der Waals surface area contributed by atoms with Crippen molar-refractivity contribution in [1.29, 1.82) is 0 Å². The van der Waals surface area contributed by atoms with Crippen LogP contribution in [0.25, 0.3) is 0 Å². The van der Waals surface area contributed by atoms with Crippen molar-refractivity contribution >= 4 is 15.9 Å². The molecule has 0 radical (unpaired) electrons. The van der Waals surface area contributed by atoms with Crippen molar-refractivity contribution in [3.8, 4) is 5.75 Å². The highest BCUT2D eigenvalue weighted by Crippen LogP contribution is 2.44. The summed E-state index contributed by atoms with van der Waals surface area (Å²) in [5.74, 6) is -0.556. The van der Waals surface area contributed by atoms with Crippen molar-refractivity contribution < 1.29 is 18.6 Å². The van der Waals surface area contributed by atoms with Gasteiger partial charge < -0.3 is 10.2 Å². The fourth-order valence-electron chi connectivity index (χ4n) is 3.57. The Morgan fingerprint density at radius 3 is 2.48 bits per heavy atom. The molecule has 6 nitrogen and oxygen atoms in total. The predicted molar refractivity (Wildman–Crippen MR) is 88.4 cm³/mol. The molecule has 0 atom stereocenters. The van der Waals surface area contributed by atoms with E-state index in [4.69, 9.17) is 0 Å². The third-order valence-electron chi connectivity index (χ3n) is 5.26. The molecule has 2 aliphatic rings. The standard InChI is InChI=1S/C16H22N2O4S/c1-3-16(4-2)6-5-11-8-14(19)13(7-12(11)9-16)18-10-15(20)17-23(18,21)22/h7-8,10,17,19-20H,3-6,9H2,1-2H3. The number of phenolic OH excluding ortho intramolecular Hbond substituents is 1. The topological polar surface area (TPSA) is 89.9 Å². The summed E-state index contributed by atoms with van der Waals surface area (Å²) < 4.78 is 26.9. The molecule has 1 aliphatic heterocycles. The van der Waals surface area contributed by atoms with Crippen LogP contribution in [0.4, 0.5) is 5.69 Å². The predicted octanol–water partition coefficient (Wildman–Crippen LogP) is 2.70. The molecule has 7 heteroatoms. The van der Waals surface area contributed by atoms with Gasteiger partial charge in [0.25, 0.3) is 0 Å². The van der Waals surface area contributed by atoms with Crippen molar-refractivity contribution in [2.45, 2.75) is 46.0 Å². The van der Waals surface area contributed by atoms with Crippen LogP contribution in [0.5, 0.6) is 5.75 Å². The highest BCUT2D eigenvalue weighted by Gasteiger charge is 2.35. The van der Waals surface area contributed by atoms with Gasteiger partial charge in [-0.15, -0.1) is 0 Å². The van der Waals surface area contributed by atoms with Gasteiger partial charge in [-0.2, -0.15) is 8.42 Å². The zero-order valence-electron chi connectivity index (χ0n) is 13.3. The molecule has 0 aromatic heterocycles. The lowest BCUT2D eigenvalue weighted by atomic mass is 9.68. The maximum atomic E-state index is 12.0. The van der Waals surface area contributed by atoms with Crippen molar-refractivity contribution in [2.75, 3.05) is 4.31 Å². The van der Waals surface area contributed by atoms with Gasteiger partial charge in [0, 0.05) is 0 Å². The van der Waals surface area contributed by atoms with Gasteiger partial charge >= 0.3 is 10.2 Å². The second-order valence-electron chi connectivity index (χ2n) is 6.41. The van der Waals surface area contributed by atoms with Gasteiger partial charge in [-0.05, 0) is 47.9 Å². The fourth-order valence-corrected chi connectivity index (χ4v) is 4.63. The molecule has 0 saturated carbocycles. The number of nitrogens with one attached hydrogen (secondary N) is 1. The minimum Gasteiger partial charge on any atom is -0.506 e. The lowest BCUT2D eigenvalue weighted by Crippen LogP contribution is -2.31. The summed E-state index contributed by atoms with van der Waals surface area (Å²) in [7, 11) is -3.90. The van der Waals surface area contributed by atoms with E-state index in [1.165, 1.54) is 0 Å². The average Bonchev–Trinajstić information content (AvgIpc) is 2.78. The number of hydrogen-bond donors (Lipinski definition) is 3.